The first-order chi connectivity index (χ1) is 15.3. The molecule has 9 nitrogen and oxygen atoms in total. The molecule has 2 amide bonds. The SMILES string of the molecule is COC(=O)[C@H](CCSC)NC(=O)c1ccc(NC(=O)/C=C/c2ccc([N+](=O)[O-])cc2)cc1. The normalized spacial score (nSPS) is 11.6. The van der Waals surface area contributed by atoms with E-state index in [4.69, 9.17) is 4.74 Å². The van der Waals surface area contributed by atoms with Gasteiger partial charge in [0.05, 0.1) is 12.0 Å². The van der Waals surface area contributed by atoms with Crippen molar-refractivity contribution in [3.63, 3.8) is 0 Å². The summed E-state index contributed by atoms with van der Waals surface area (Å²) in [5, 5.41) is 16.0. The van der Waals surface area contributed by atoms with E-state index in [-0.39, 0.29) is 5.69 Å². The lowest BCUT2D eigenvalue weighted by atomic mass is 10.1. The van der Waals surface area contributed by atoms with E-state index in [0.29, 0.717) is 29.0 Å². The van der Waals surface area contributed by atoms with Crippen LogP contribution in [0.3, 0.4) is 0 Å². The van der Waals surface area contributed by atoms with Gasteiger partial charge in [0.2, 0.25) is 5.91 Å². The zero-order chi connectivity index (χ0) is 23.5. The molecule has 168 valence electrons. The Hall–Kier alpha value is -3.66. The smallest absolute Gasteiger partial charge is 0.328 e. The molecule has 0 saturated heterocycles. The molecule has 2 N–H and O–H groups in total. The molecule has 0 unspecified atom stereocenters. The predicted molar refractivity (Wildman–Crippen MR) is 123 cm³/mol. The molecule has 0 aromatic heterocycles. The van der Waals surface area contributed by atoms with E-state index in [9.17, 15) is 24.5 Å². The maximum Gasteiger partial charge on any atom is 0.328 e. The third kappa shape index (κ3) is 7.55. The Bertz CT molecular complexity index is 990. The van der Waals surface area contributed by atoms with Gasteiger partial charge in [-0.1, -0.05) is 0 Å². The number of nitrogens with zero attached hydrogens (tertiary/aromatic N) is 1. The van der Waals surface area contributed by atoms with Gasteiger partial charge in [0.1, 0.15) is 6.04 Å². The highest BCUT2D eigenvalue weighted by molar-refractivity contribution is 7.98. The maximum absolute atomic E-state index is 12.4. The third-order valence-corrected chi connectivity index (χ3v) is 4.99. The van der Waals surface area contributed by atoms with E-state index in [1.165, 1.54) is 55.7 Å². The standard InChI is InChI=1S/C22H23N3O6S/c1-31-22(28)19(13-14-32-2)24-21(27)16-6-8-17(9-7-16)23-20(26)12-5-15-3-10-18(11-4-15)25(29)30/h3-12,19H,13-14H2,1-2H3,(H,23,26)(H,24,27)/b12-5+/t19-/m0/s1. The zero-order valence-electron chi connectivity index (χ0n) is 17.6. The van der Waals surface area contributed by atoms with Crippen LogP contribution in [0.25, 0.3) is 6.08 Å². The van der Waals surface area contributed by atoms with E-state index < -0.39 is 28.7 Å². The maximum atomic E-state index is 12.4. The van der Waals surface area contributed by atoms with Gasteiger partial charge in [0.15, 0.2) is 0 Å². The second kappa shape index (κ2) is 12.3. The number of thioether (sulfide) groups is 1. The number of rotatable bonds is 10. The minimum atomic E-state index is -0.733. The number of carbonyl (C=O) groups is 3. The fourth-order valence-corrected chi connectivity index (χ4v) is 3.11. The van der Waals surface area contributed by atoms with Gasteiger partial charge < -0.3 is 15.4 Å². The van der Waals surface area contributed by atoms with Gasteiger partial charge in [-0.25, -0.2) is 4.79 Å². The van der Waals surface area contributed by atoms with Crippen LogP contribution in [0.5, 0.6) is 0 Å². The molecule has 10 heteroatoms. The summed E-state index contributed by atoms with van der Waals surface area (Å²) in [6.07, 6.45) is 5.19. The molecule has 2 rings (SSSR count). The van der Waals surface area contributed by atoms with Gasteiger partial charge in [-0.15, -0.1) is 0 Å². The summed E-state index contributed by atoms with van der Waals surface area (Å²) in [6, 6.07) is 11.3. The highest BCUT2D eigenvalue weighted by Gasteiger charge is 2.21. The molecule has 1 atom stereocenters. The van der Waals surface area contributed by atoms with Gasteiger partial charge in [-0.2, -0.15) is 11.8 Å². The van der Waals surface area contributed by atoms with Gasteiger partial charge in [-0.3, -0.25) is 19.7 Å². The Morgan fingerprint density at radius 2 is 1.78 bits per heavy atom. The molecule has 0 spiro atoms. The number of hydrogen-bond acceptors (Lipinski definition) is 7. The van der Waals surface area contributed by atoms with Crippen molar-refractivity contribution in [3.8, 4) is 0 Å². The van der Waals surface area contributed by atoms with Crippen LogP contribution >= 0.6 is 11.8 Å². The van der Waals surface area contributed by atoms with Crippen molar-refractivity contribution < 1.29 is 24.0 Å². The third-order valence-electron chi connectivity index (χ3n) is 4.35. The zero-order valence-corrected chi connectivity index (χ0v) is 18.4. The lowest BCUT2D eigenvalue weighted by Gasteiger charge is -2.16. The molecular weight excluding hydrogens is 434 g/mol. The lowest BCUT2D eigenvalue weighted by molar-refractivity contribution is -0.384. The number of benzene rings is 2. The van der Waals surface area contributed by atoms with Crippen molar-refractivity contribution in [2.24, 2.45) is 0 Å². The topological polar surface area (TPSA) is 128 Å². The van der Waals surface area contributed by atoms with Crippen LogP contribution in [0.1, 0.15) is 22.3 Å². The second-order valence-electron chi connectivity index (χ2n) is 6.58. The largest absolute Gasteiger partial charge is 0.467 e. The average molecular weight is 458 g/mol. The molecule has 0 aliphatic heterocycles. The summed E-state index contributed by atoms with van der Waals surface area (Å²) in [5.41, 5.74) is 1.42. The van der Waals surface area contributed by atoms with E-state index >= 15 is 0 Å². The summed E-state index contributed by atoms with van der Waals surface area (Å²) in [5.74, 6) is -0.629. The van der Waals surface area contributed by atoms with E-state index in [2.05, 4.69) is 10.6 Å². The van der Waals surface area contributed by atoms with Gasteiger partial charge >= 0.3 is 5.97 Å². The Balaban J connectivity index is 1.94. The lowest BCUT2D eigenvalue weighted by Crippen LogP contribution is -2.41. The van der Waals surface area contributed by atoms with Crippen LogP contribution in [0.15, 0.2) is 54.6 Å². The number of ether oxygens (including phenoxy) is 1. The number of anilines is 1. The molecule has 2 aromatic carbocycles. The van der Waals surface area contributed by atoms with Crippen LogP contribution in [0, 0.1) is 10.1 Å². The average Bonchev–Trinajstić information content (AvgIpc) is 2.80. The first-order valence-corrected chi connectivity index (χ1v) is 10.9. The number of hydrogen-bond donors (Lipinski definition) is 2. The quantitative estimate of drug-likeness (QED) is 0.243. The van der Waals surface area contributed by atoms with Gasteiger partial charge in [-0.05, 0) is 66.5 Å². The number of nitro benzene ring substituents is 1. The Kier molecular flexibility index (Phi) is 9.43. The number of amides is 2. The Morgan fingerprint density at radius 1 is 1.12 bits per heavy atom. The minimum absolute atomic E-state index is 0.0297. The monoisotopic (exact) mass is 457 g/mol. The molecule has 2 aromatic rings. The Morgan fingerprint density at radius 3 is 2.34 bits per heavy atom. The van der Waals surface area contributed by atoms with Crippen molar-refractivity contribution in [2.45, 2.75) is 12.5 Å². The molecule has 0 aliphatic carbocycles. The second-order valence-corrected chi connectivity index (χ2v) is 7.56. The molecule has 0 saturated carbocycles. The molecule has 32 heavy (non-hydrogen) atoms. The van der Waals surface area contributed by atoms with Crippen LogP contribution in [-0.4, -0.2) is 47.9 Å². The first-order valence-electron chi connectivity index (χ1n) is 9.55. The molecule has 0 aliphatic rings. The summed E-state index contributed by atoms with van der Waals surface area (Å²) in [7, 11) is 1.27. The summed E-state index contributed by atoms with van der Waals surface area (Å²) >= 11 is 1.56. The van der Waals surface area contributed by atoms with Gasteiger partial charge in [0, 0.05) is 29.5 Å². The van der Waals surface area contributed by atoms with Crippen molar-refractivity contribution in [2.75, 3.05) is 24.4 Å². The van der Waals surface area contributed by atoms with Crippen LogP contribution in [0.4, 0.5) is 11.4 Å². The first kappa shape index (κ1) is 24.6. The summed E-state index contributed by atoms with van der Waals surface area (Å²) in [4.78, 5) is 46.5. The fourth-order valence-electron chi connectivity index (χ4n) is 2.64. The number of nitrogens with one attached hydrogen (secondary N) is 2. The highest BCUT2D eigenvalue weighted by atomic mass is 32.2. The Labute approximate surface area is 189 Å². The van der Waals surface area contributed by atoms with Crippen molar-refractivity contribution in [1.82, 2.24) is 5.32 Å². The van der Waals surface area contributed by atoms with E-state index in [0.717, 1.165) is 0 Å². The fraction of sp³-hybridized carbons (Fsp3) is 0.227. The number of carbonyl (C=O) groups excluding carboxylic acids is 3. The van der Waals surface area contributed by atoms with Crippen LogP contribution in [0.2, 0.25) is 0 Å². The molecule has 0 fully saturated rings. The molecule has 0 heterocycles. The molecule has 0 radical (unpaired) electrons. The van der Waals surface area contributed by atoms with Crippen molar-refractivity contribution >= 4 is 47.0 Å². The molecular formula is C22H23N3O6S. The summed E-state index contributed by atoms with van der Waals surface area (Å²) < 4.78 is 4.73. The number of methoxy groups -OCH3 is 1. The minimum Gasteiger partial charge on any atom is -0.467 e. The highest BCUT2D eigenvalue weighted by Crippen LogP contribution is 2.14. The molecule has 0 bridgehead atoms. The van der Waals surface area contributed by atoms with E-state index in [1.54, 1.807) is 23.9 Å². The summed E-state index contributed by atoms with van der Waals surface area (Å²) in [6.45, 7) is 0. The predicted octanol–water partition coefficient (Wildman–Crippen LogP) is 3.27. The van der Waals surface area contributed by atoms with Gasteiger partial charge in [0.25, 0.3) is 11.6 Å². The van der Waals surface area contributed by atoms with Crippen LogP contribution in [-0.2, 0) is 14.3 Å². The number of esters is 1. The number of nitro groups is 1. The van der Waals surface area contributed by atoms with Crippen LogP contribution < -0.4 is 10.6 Å². The van der Waals surface area contributed by atoms with Crippen molar-refractivity contribution in [1.29, 1.82) is 0 Å². The van der Waals surface area contributed by atoms with Crippen molar-refractivity contribution in [3.05, 3.63) is 75.8 Å². The van der Waals surface area contributed by atoms with E-state index in [1.807, 2.05) is 6.26 Å². The number of non-ortho nitro benzene ring substituents is 1.